The summed E-state index contributed by atoms with van der Waals surface area (Å²) in [4.78, 5) is 8.09. The molecular formula is C15H10F2N2O2. The van der Waals surface area contributed by atoms with Crippen molar-refractivity contribution in [3.8, 4) is 17.4 Å². The zero-order chi connectivity index (χ0) is 14.8. The molecule has 3 rings (SSSR count). The van der Waals surface area contributed by atoms with Crippen molar-refractivity contribution in [2.24, 2.45) is 0 Å². The second-order valence-electron chi connectivity index (χ2n) is 4.24. The van der Waals surface area contributed by atoms with E-state index in [0.29, 0.717) is 16.7 Å². The van der Waals surface area contributed by atoms with Gasteiger partial charge in [0, 0.05) is 12.1 Å². The normalized spacial score (nSPS) is 10.6. The highest BCUT2D eigenvalue weighted by Gasteiger charge is 2.11. The number of ether oxygens (including phenoxy) is 2. The van der Waals surface area contributed by atoms with Gasteiger partial charge in [0.2, 0.25) is 5.88 Å². The molecule has 0 bridgehead atoms. The first-order valence-corrected chi connectivity index (χ1v) is 6.09. The van der Waals surface area contributed by atoms with E-state index in [0.717, 1.165) is 12.1 Å². The molecule has 0 atom stereocenters. The molecule has 6 heteroatoms. The Kier molecular flexibility index (Phi) is 3.35. The molecule has 0 aliphatic heterocycles. The van der Waals surface area contributed by atoms with Crippen LogP contribution in [0.15, 0.2) is 42.7 Å². The number of methoxy groups -OCH3 is 1. The third kappa shape index (κ3) is 2.60. The van der Waals surface area contributed by atoms with Crippen molar-refractivity contribution in [1.29, 1.82) is 0 Å². The fourth-order valence-electron chi connectivity index (χ4n) is 1.88. The van der Waals surface area contributed by atoms with Crippen molar-refractivity contribution in [2.75, 3.05) is 7.11 Å². The molecule has 0 saturated heterocycles. The molecule has 1 aromatic heterocycles. The largest absolute Gasteiger partial charge is 0.497 e. The summed E-state index contributed by atoms with van der Waals surface area (Å²) in [7, 11) is 1.55. The van der Waals surface area contributed by atoms with Crippen molar-refractivity contribution >= 4 is 10.9 Å². The summed E-state index contributed by atoms with van der Waals surface area (Å²) in [6.07, 6.45) is 1.30. The van der Waals surface area contributed by atoms with E-state index in [9.17, 15) is 8.78 Å². The average molecular weight is 288 g/mol. The molecule has 0 amide bonds. The monoisotopic (exact) mass is 288 g/mol. The number of rotatable bonds is 3. The minimum Gasteiger partial charge on any atom is -0.497 e. The molecule has 0 aliphatic carbocycles. The molecule has 21 heavy (non-hydrogen) atoms. The lowest BCUT2D eigenvalue weighted by atomic mass is 10.2. The number of benzene rings is 2. The predicted molar refractivity (Wildman–Crippen MR) is 72.5 cm³/mol. The summed E-state index contributed by atoms with van der Waals surface area (Å²) in [6, 6.07) is 8.23. The zero-order valence-corrected chi connectivity index (χ0v) is 11.0. The first-order chi connectivity index (χ1) is 10.2. The summed E-state index contributed by atoms with van der Waals surface area (Å²) in [5.41, 5.74) is 0.599. The lowest BCUT2D eigenvalue weighted by molar-refractivity contribution is 0.415. The molecule has 0 fully saturated rings. The minimum absolute atomic E-state index is 0.104. The lowest BCUT2D eigenvalue weighted by Crippen LogP contribution is -1.94. The van der Waals surface area contributed by atoms with Crippen molar-refractivity contribution in [1.82, 2.24) is 9.97 Å². The van der Waals surface area contributed by atoms with Gasteiger partial charge >= 0.3 is 0 Å². The summed E-state index contributed by atoms with van der Waals surface area (Å²) in [6.45, 7) is 0. The summed E-state index contributed by atoms with van der Waals surface area (Å²) >= 11 is 0. The Morgan fingerprint density at radius 2 is 1.86 bits per heavy atom. The number of hydrogen-bond acceptors (Lipinski definition) is 4. The van der Waals surface area contributed by atoms with Gasteiger partial charge in [0.1, 0.15) is 17.9 Å². The third-order valence-electron chi connectivity index (χ3n) is 2.91. The standard InChI is InChI=1S/C15H10F2N2O2/c1-20-10-3-4-11-13(7-10)18-8-19-15(11)21-14-5-2-9(16)6-12(14)17/h2-8H,1H3. The maximum Gasteiger partial charge on any atom is 0.230 e. The highest BCUT2D eigenvalue weighted by molar-refractivity contribution is 5.84. The van der Waals surface area contributed by atoms with Crippen molar-refractivity contribution in [3.63, 3.8) is 0 Å². The van der Waals surface area contributed by atoms with Gasteiger partial charge in [-0.3, -0.25) is 0 Å². The van der Waals surface area contributed by atoms with E-state index in [2.05, 4.69) is 9.97 Å². The molecule has 4 nitrogen and oxygen atoms in total. The highest BCUT2D eigenvalue weighted by atomic mass is 19.1. The van der Waals surface area contributed by atoms with Gasteiger partial charge in [0.05, 0.1) is 18.0 Å². The molecule has 106 valence electrons. The van der Waals surface area contributed by atoms with Crippen LogP contribution in [0.1, 0.15) is 0 Å². The van der Waals surface area contributed by atoms with Gasteiger partial charge in [0.25, 0.3) is 0 Å². The van der Waals surface area contributed by atoms with Crippen LogP contribution in [0.25, 0.3) is 10.9 Å². The first-order valence-electron chi connectivity index (χ1n) is 6.09. The van der Waals surface area contributed by atoms with E-state index in [1.54, 1.807) is 25.3 Å². The molecule has 1 heterocycles. The van der Waals surface area contributed by atoms with Crippen LogP contribution in [-0.2, 0) is 0 Å². The van der Waals surface area contributed by atoms with Crippen LogP contribution in [0.2, 0.25) is 0 Å². The molecule has 0 unspecified atom stereocenters. The van der Waals surface area contributed by atoms with Crippen LogP contribution in [0, 0.1) is 11.6 Å². The summed E-state index contributed by atoms with van der Waals surface area (Å²) < 4.78 is 37.0. The van der Waals surface area contributed by atoms with Gasteiger partial charge in [-0.25, -0.2) is 18.7 Å². The van der Waals surface area contributed by atoms with Gasteiger partial charge in [-0.05, 0) is 24.3 Å². The Bertz CT molecular complexity index is 809. The summed E-state index contributed by atoms with van der Waals surface area (Å²) in [5, 5.41) is 0.599. The van der Waals surface area contributed by atoms with E-state index in [1.807, 2.05) is 0 Å². The van der Waals surface area contributed by atoms with Crippen molar-refractivity contribution < 1.29 is 18.3 Å². The van der Waals surface area contributed by atoms with Crippen LogP contribution in [0.5, 0.6) is 17.4 Å². The van der Waals surface area contributed by atoms with Crippen LogP contribution in [0.3, 0.4) is 0 Å². The molecule has 0 spiro atoms. The van der Waals surface area contributed by atoms with E-state index < -0.39 is 11.6 Å². The zero-order valence-electron chi connectivity index (χ0n) is 11.0. The van der Waals surface area contributed by atoms with Crippen LogP contribution >= 0.6 is 0 Å². The number of hydrogen-bond donors (Lipinski definition) is 0. The Hall–Kier alpha value is -2.76. The lowest BCUT2D eigenvalue weighted by Gasteiger charge is -2.08. The van der Waals surface area contributed by atoms with Gasteiger partial charge in [-0.15, -0.1) is 0 Å². The second kappa shape index (κ2) is 5.32. The first kappa shape index (κ1) is 13.2. The maximum atomic E-state index is 13.6. The molecule has 0 saturated carbocycles. The van der Waals surface area contributed by atoms with Crippen molar-refractivity contribution in [3.05, 3.63) is 54.4 Å². The Balaban J connectivity index is 2.04. The molecular weight excluding hydrogens is 278 g/mol. The Morgan fingerprint density at radius 1 is 1.00 bits per heavy atom. The van der Waals surface area contributed by atoms with Gasteiger partial charge < -0.3 is 9.47 Å². The highest BCUT2D eigenvalue weighted by Crippen LogP contribution is 2.30. The maximum absolute atomic E-state index is 13.6. The van der Waals surface area contributed by atoms with E-state index >= 15 is 0 Å². The fraction of sp³-hybridized carbons (Fsp3) is 0.0667. The third-order valence-corrected chi connectivity index (χ3v) is 2.91. The summed E-state index contributed by atoms with van der Waals surface area (Å²) in [5.74, 6) is -0.743. The molecule has 0 N–H and O–H groups in total. The number of halogens is 2. The minimum atomic E-state index is -0.796. The number of fused-ring (bicyclic) bond motifs is 1. The molecule has 0 aliphatic rings. The topological polar surface area (TPSA) is 44.2 Å². The molecule has 2 aromatic carbocycles. The van der Waals surface area contributed by atoms with E-state index in [-0.39, 0.29) is 11.6 Å². The van der Waals surface area contributed by atoms with E-state index in [4.69, 9.17) is 9.47 Å². The predicted octanol–water partition coefficient (Wildman–Crippen LogP) is 3.71. The Morgan fingerprint density at radius 3 is 2.62 bits per heavy atom. The number of aromatic nitrogens is 2. The quantitative estimate of drug-likeness (QED) is 0.737. The fourth-order valence-corrected chi connectivity index (χ4v) is 1.88. The SMILES string of the molecule is COc1ccc2c(Oc3ccc(F)cc3F)ncnc2c1. The average Bonchev–Trinajstić information content (AvgIpc) is 2.49. The van der Waals surface area contributed by atoms with Crippen LogP contribution in [-0.4, -0.2) is 17.1 Å². The van der Waals surface area contributed by atoms with Crippen LogP contribution < -0.4 is 9.47 Å². The van der Waals surface area contributed by atoms with Gasteiger partial charge in [-0.2, -0.15) is 0 Å². The smallest absolute Gasteiger partial charge is 0.230 e. The van der Waals surface area contributed by atoms with Crippen LogP contribution in [0.4, 0.5) is 8.78 Å². The second-order valence-corrected chi connectivity index (χ2v) is 4.24. The van der Waals surface area contributed by atoms with Gasteiger partial charge in [-0.1, -0.05) is 0 Å². The van der Waals surface area contributed by atoms with Crippen molar-refractivity contribution in [2.45, 2.75) is 0 Å². The Labute approximate surface area is 119 Å². The molecule has 0 radical (unpaired) electrons. The van der Waals surface area contributed by atoms with E-state index in [1.165, 1.54) is 12.4 Å². The number of nitrogens with zero attached hydrogens (tertiary/aromatic N) is 2. The van der Waals surface area contributed by atoms with Gasteiger partial charge in [0.15, 0.2) is 11.6 Å². The molecule has 3 aromatic rings.